The van der Waals surface area contributed by atoms with Gasteiger partial charge in [0.15, 0.2) is 0 Å². The minimum Gasteiger partial charge on any atom is -0.269 e. The summed E-state index contributed by atoms with van der Waals surface area (Å²) in [5.41, 5.74) is 3.74. The molecule has 3 rings (SSSR count). The van der Waals surface area contributed by atoms with Crippen LogP contribution in [-0.4, -0.2) is 27.6 Å². The van der Waals surface area contributed by atoms with Crippen molar-refractivity contribution in [1.82, 2.24) is 5.43 Å². The van der Waals surface area contributed by atoms with E-state index in [1.54, 1.807) is 30.3 Å². The molecule has 0 unspecified atom stereocenters. The van der Waals surface area contributed by atoms with Gasteiger partial charge in [0.25, 0.3) is 15.9 Å². The van der Waals surface area contributed by atoms with Crippen molar-refractivity contribution in [2.45, 2.75) is 4.90 Å². The van der Waals surface area contributed by atoms with Crippen molar-refractivity contribution in [2.24, 2.45) is 5.10 Å². The topological polar surface area (TPSA) is 78.8 Å². The van der Waals surface area contributed by atoms with Crippen molar-refractivity contribution in [2.75, 3.05) is 11.4 Å². The van der Waals surface area contributed by atoms with Gasteiger partial charge in [-0.25, -0.2) is 18.2 Å². The number of sulfonamides is 1. The molecule has 0 heterocycles. The highest BCUT2D eigenvalue weighted by atomic mass is 32.2. The number of benzene rings is 3. The summed E-state index contributed by atoms with van der Waals surface area (Å²) in [6.07, 6.45) is 1.39. The molecule has 0 bridgehead atoms. The Hall–Kier alpha value is -3.52. The average molecular weight is 411 g/mol. The van der Waals surface area contributed by atoms with Crippen molar-refractivity contribution in [3.8, 4) is 0 Å². The molecule has 1 amide bonds. The highest BCUT2D eigenvalue weighted by Crippen LogP contribution is 2.22. The van der Waals surface area contributed by atoms with Crippen LogP contribution < -0.4 is 9.73 Å². The van der Waals surface area contributed by atoms with Crippen LogP contribution in [0.5, 0.6) is 0 Å². The molecule has 3 aromatic rings. The van der Waals surface area contributed by atoms with Gasteiger partial charge in [-0.15, -0.1) is 0 Å². The molecular formula is C21H18FN3O3S. The molecule has 0 aliphatic carbocycles. The zero-order valence-corrected chi connectivity index (χ0v) is 16.3. The molecule has 0 aromatic heterocycles. The Bertz CT molecular complexity index is 1110. The maximum absolute atomic E-state index is 12.9. The van der Waals surface area contributed by atoms with E-state index in [9.17, 15) is 17.6 Å². The number of amides is 1. The third kappa shape index (κ3) is 4.85. The number of carbonyl (C=O) groups excluding carboxylic acids is 1. The van der Waals surface area contributed by atoms with E-state index in [4.69, 9.17) is 0 Å². The van der Waals surface area contributed by atoms with Gasteiger partial charge < -0.3 is 0 Å². The van der Waals surface area contributed by atoms with E-state index in [0.717, 1.165) is 4.31 Å². The minimum absolute atomic E-state index is 0.180. The first kappa shape index (κ1) is 20.2. The van der Waals surface area contributed by atoms with E-state index in [-0.39, 0.29) is 10.7 Å². The van der Waals surface area contributed by atoms with Crippen LogP contribution in [0.15, 0.2) is 88.9 Å². The van der Waals surface area contributed by atoms with Crippen LogP contribution in [0.1, 0.15) is 15.9 Å². The first-order chi connectivity index (χ1) is 13.9. The molecule has 0 fully saturated rings. The van der Waals surface area contributed by atoms with E-state index >= 15 is 0 Å². The summed E-state index contributed by atoms with van der Waals surface area (Å²) in [4.78, 5) is 12.4. The normalized spacial score (nSPS) is 11.4. The number of anilines is 1. The van der Waals surface area contributed by atoms with Gasteiger partial charge in [0, 0.05) is 12.6 Å². The van der Waals surface area contributed by atoms with Crippen LogP contribution in [0, 0.1) is 5.82 Å². The Kier molecular flexibility index (Phi) is 6.04. The molecule has 29 heavy (non-hydrogen) atoms. The van der Waals surface area contributed by atoms with E-state index in [1.807, 2.05) is 0 Å². The number of halogens is 1. The molecule has 0 saturated carbocycles. The number of nitrogens with one attached hydrogen (secondary N) is 1. The van der Waals surface area contributed by atoms with Gasteiger partial charge in [-0.05, 0) is 54.1 Å². The molecule has 8 heteroatoms. The molecule has 0 atom stereocenters. The summed E-state index contributed by atoms with van der Waals surface area (Å²) >= 11 is 0. The maximum Gasteiger partial charge on any atom is 0.271 e. The van der Waals surface area contributed by atoms with Crippen LogP contribution >= 0.6 is 0 Å². The fourth-order valence-corrected chi connectivity index (χ4v) is 3.71. The predicted molar refractivity (Wildman–Crippen MR) is 110 cm³/mol. The lowest BCUT2D eigenvalue weighted by atomic mass is 10.2. The molecule has 0 spiro atoms. The molecule has 6 nitrogen and oxygen atoms in total. The number of hydrazone groups is 1. The monoisotopic (exact) mass is 411 g/mol. The molecule has 0 saturated heterocycles. The number of hydrogen-bond donors (Lipinski definition) is 1. The second kappa shape index (κ2) is 8.66. The SMILES string of the molecule is CN(c1ccc(C(=O)N/N=C/c2ccc(F)cc2)cc1)S(=O)(=O)c1ccccc1. The van der Waals surface area contributed by atoms with Crippen molar-refractivity contribution in [3.63, 3.8) is 0 Å². The lowest BCUT2D eigenvalue weighted by Crippen LogP contribution is -2.26. The Balaban J connectivity index is 1.67. The lowest BCUT2D eigenvalue weighted by Gasteiger charge is -2.19. The summed E-state index contributed by atoms with van der Waals surface area (Å²) < 4.78 is 39.3. The quantitative estimate of drug-likeness (QED) is 0.499. The fraction of sp³-hybridized carbons (Fsp3) is 0.0476. The van der Waals surface area contributed by atoms with E-state index in [2.05, 4.69) is 10.5 Å². The van der Waals surface area contributed by atoms with Gasteiger partial charge >= 0.3 is 0 Å². The lowest BCUT2D eigenvalue weighted by molar-refractivity contribution is 0.0955. The van der Waals surface area contributed by atoms with Crippen molar-refractivity contribution < 1.29 is 17.6 Å². The average Bonchev–Trinajstić information content (AvgIpc) is 2.75. The zero-order valence-electron chi connectivity index (χ0n) is 15.5. The van der Waals surface area contributed by atoms with Crippen LogP contribution in [0.25, 0.3) is 0 Å². The van der Waals surface area contributed by atoms with Crippen molar-refractivity contribution >= 4 is 27.8 Å². The molecule has 1 N–H and O–H groups in total. The van der Waals surface area contributed by atoms with Crippen LogP contribution in [0.2, 0.25) is 0 Å². The van der Waals surface area contributed by atoms with E-state index in [0.29, 0.717) is 16.8 Å². The number of hydrogen-bond acceptors (Lipinski definition) is 4. The largest absolute Gasteiger partial charge is 0.271 e. The molecule has 0 aliphatic heterocycles. The highest BCUT2D eigenvalue weighted by Gasteiger charge is 2.21. The number of nitrogens with zero attached hydrogens (tertiary/aromatic N) is 2. The van der Waals surface area contributed by atoms with Crippen LogP contribution in [0.4, 0.5) is 10.1 Å². The second-order valence-corrected chi connectivity index (χ2v) is 8.05. The van der Waals surface area contributed by atoms with Gasteiger partial charge in [0.05, 0.1) is 16.8 Å². The molecule has 148 valence electrons. The van der Waals surface area contributed by atoms with Gasteiger partial charge in [-0.1, -0.05) is 30.3 Å². The summed E-state index contributed by atoms with van der Waals surface area (Å²) in [7, 11) is -2.24. The molecule has 3 aromatic carbocycles. The Morgan fingerprint density at radius 1 is 0.966 bits per heavy atom. The summed E-state index contributed by atoms with van der Waals surface area (Å²) in [5, 5.41) is 3.83. The second-order valence-electron chi connectivity index (χ2n) is 6.08. The first-order valence-electron chi connectivity index (χ1n) is 8.61. The number of carbonyl (C=O) groups is 1. The van der Waals surface area contributed by atoms with Gasteiger partial charge in [0.1, 0.15) is 5.82 Å². The third-order valence-electron chi connectivity index (χ3n) is 4.14. The Labute approximate surface area is 168 Å². The van der Waals surface area contributed by atoms with Gasteiger partial charge in [-0.2, -0.15) is 5.10 Å². The highest BCUT2D eigenvalue weighted by molar-refractivity contribution is 7.92. The van der Waals surface area contributed by atoms with Gasteiger partial charge in [0.2, 0.25) is 0 Å². The first-order valence-corrected chi connectivity index (χ1v) is 10.0. The minimum atomic E-state index is -3.69. The van der Waals surface area contributed by atoms with Crippen LogP contribution in [-0.2, 0) is 10.0 Å². The number of rotatable bonds is 6. The molecule has 0 aliphatic rings. The van der Waals surface area contributed by atoms with Gasteiger partial charge in [-0.3, -0.25) is 9.10 Å². The van der Waals surface area contributed by atoms with Crippen molar-refractivity contribution in [1.29, 1.82) is 0 Å². The van der Waals surface area contributed by atoms with E-state index < -0.39 is 15.9 Å². The maximum atomic E-state index is 12.9. The Morgan fingerprint density at radius 2 is 1.59 bits per heavy atom. The zero-order chi connectivity index (χ0) is 20.9. The molecule has 0 radical (unpaired) electrons. The molecular weight excluding hydrogens is 393 g/mol. The summed E-state index contributed by atoms with van der Waals surface area (Å²) in [6, 6.07) is 19.8. The van der Waals surface area contributed by atoms with E-state index in [1.165, 1.54) is 61.8 Å². The van der Waals surface area contributed by atoms with Crippen molar-refractivity contribution in [3.05, 3.63) is 95.8 Å². The predicted octanol–water partition coefficient (Wildman–Crippen LogP) is 3.41. The smallest absolute Gasteiger partial charge is 0.269 e. The summed E-state index contributed by atoms with van der Waals surface area (Å²) in [6.45, 7) is 0. The van der Waals surface area contributed by atoms with Crippen LogP contribution in [0.3, 0.4) is 0 Å². The standard InChI is InChI=1S/C21H18FN3O3S/c1-25(29(27,28)20-5-3-2-4-6-20)19-13-9-17(10-14-19)21(26)24-23-15-16-7-11-18(22)12-8-16/h2-15H,1H3,(H,24,26)/b23-15+. The Morgan fingerprint density at radius 3 is 2.21 bits per heavy atom. The summed E-state index contributed by atoms with van der Waals surface area (Å²) in [5.74, 6) is -0.811. The third-order valence-corrected chi connectivity index (χ3v) is 5.94. The fourth-order valence-electron chi connectivity index (χ4n) is 2.49.